The van der Waals surface area contributed by atoms with E-state index in [1.165, 1.54) is 0 Å². The second kappa shape index (κ2) is 11.8. The number of hydrogen-bond acceptors (Lipinski definition) is 3. The Morgan fingerprint density at radius 3 is 2.04 bits per heavy atom. The largest absolute Gasteiger partial charge is 0.444 e. The number of carbonyl (C=O) groups excluding carboxylic acids is 1. The van der Waals surface area contributed by atoms with Crippen molar-refractivity contribution in [3.05, 3.63) is 0 Å². The van der Waals surface area contributed by atoms with Crippen molar-refractivity contribution in [1.82, 2.24) is 16.0 Å². The van der Waals surface area contributed by atoms with Crippen molar-refractivity contribution < 1.29 is 9.53 Å². The lowest BCUT2D eigenvalue weighted by Crippen LogP contribution is -2.57. The van der Waals surface area contributed by atoms with Crippen LogP contribution >= 0.6 is 24.0 Å². The number of carbonyl (C=O) groups is 1. The third-order valence-corrected chi connectivity index (χ3v) is 3.48. The van der Waals surface area contributed by atoms with E-state index in [2.05, 4.69) is 41.7 Å². The zero-order valence-corrected chi connectivity index (χ0v) is 18.0. The summed E-state index contributed by atoms with van der Waals surface area (Å²) in [7, 11) is 1.74. The van der Waals surface area contributed by atoms with E-state index in [0.717, 1.165) is 31.8 Å². The highest BCUT2D eigenvalue weighted by molar-refractivity contribution is 14.0. The van der Waals surface area contributed by atoms with Gasteiger partial charge in [0.15, 0.2) is 5.96 Å². The molecule has 0 aromatic carbocycles. The fourth-order valence-electron chi connectivity index (χ4n) is 1.96. The van der Waals surface area contributed by atoms with E-state index in [1.54, 1.807) is 7.05 Å². The van der Waals surface area contributed by atoms with Gasteiger partial charge in [0, 0.05) is 20.1 Å². The maximum Gasteiger partial charge on any atom is 0.408 e. The molecule has 0 fully saturated rings. The van der Waals surface area contributed by atoms with Gasteiger partial charge in [0.25, 0.3) is 0 Å². The number of guanidine groups is 1. The molecule has 6 nitrogen and oxygen atoms in total. The monoisotopic (exact) mass is 442 g/mol. The number of nitrogens with one attached hydrogen (secondary N) is 3. The first-order valence-corrected chi connectivity index (χ1v) is 8.17. The second-order valence-electron chi connectivity index (χ2n) is 6.47. The van der Waals surface area contributed by atoms with Crippen molar-refractivity contribution in [2.45, 2.75) is 71.9 Å². The van der Waals surface area contributed by atoms with Crippen molar-refractivity contribution >= 4 is 36.0 Å². The molecule has 138 valence electrons. The highest BCUT2D eigenvalue weighted by atomic mass is 127. The van der Waals surface area contributed by atoms with Crippen LogP contribution in [0, 0.1) is 0 Å². The smallest absolute Gasteiger partial charge is 0.408 e. The van der Waals surface area contributed by atoms with E-state index in [1.807, 2.05) is 20.8 Å². The van der Waals surface area contributed by atoms with Gasteiger partial charge in [-0.1, -0.05) is 20.8 Å². The molecule has 0 saturated heterocycles. The maximum atomic E-state index is 12.1. The minimum atomic E-state index is -0.497. The van der Waals surface area contributed by atoms with Gasteiger partial charge in [-0.05, 0) is 40.0 Å². The molecule has 0 heterocycles. The highest BCUT2D eigenvalue weighted by Gasteiger charge is 2.30. The Bertz CT molecular complexity index is 364. The molecule has 0 aliphatic heterocycles. The number of nitrogens with zero attached hydrogens (tertiary/aromatic N) is 1. The molecule has 0 radical (unpaired) electrons. The van der Waals surface area contributed by atoms with Crippen molar-refractivity contribution in [1.29, 1.82) is 0 Å². The van der Waals surface area contributed by atoms with E-state index < -0.39 is 5.60 Å². The van der Waals surface area contributed by atoms with Gasteiger partial charge >= 0.3 is 6.09 Å². The van der Waals surface area contributed by atoms with E-state index in [9.17, 15) is 4.79 Å². The van der Waals surface area contributed by atoms with Gasteiger partial charge in [0.05, 0.1) is 5.54 Å². The Hall–Kier alpha value is -0.730. The molecule has 0 spiro atoms. The first kappa shape index (κ1) is 24.5. The first-order chi connectivity index (χ1) is 10.2. The molecule has 0 aromatic heterocycles. The van der Waals surface area contributed by atoms with Gasteiger partial charge < -0.3 is 20.7 Å². The average molecular weight is 442 g/mol. The quantitative estimate of drug-likeness (QED) is 0.322. The summed E-state index contributed by atoms with van der Waals surface area (Å²) in [6.07, 6.45) is 2.26. The van der Waals surface area contributed by atoms with E-state index in [4.69, 9.17) is 4.74 Å². The Balaban J connectivity index is 0. The SMILES string of the molecule is CCCNC(=NC)NCC(CC)(CC)NC(=O)OC(C)(C)C.I. The number of hydrogen-bond donors (Lipinski definition) is 3. The molecule has 3 N–H and O–H groups in total. The maximum absolute atomic E-state index is 12.1. The predicted octanol–water partition coefficient (Wildman–Crippen LogP) is 3.26. The number of aliphatic imine (C=N–C) groups is 1. The zero-order chi connectivity index (χ0) is 17.2. The van der Waals surface area contributed by atoms with Crippen LogP contribution in [0.5, 0.6) is 0 Å². The molecule has 7 heteroatoms. The van der Waals surface area contributed by atoms with Crippen LogP contribution in [0.25, 0.3) is 0 Å². The minimum Gasteiger partial charge on any atom is -0.444 e. The third-order valence-electron chi connectivity index (χ3n) is 3.48. The fourth-order valence-corrected chi connectivity index (χ4v) is 1.96. The van der Waals surface area contributed by atoms with Crippen molar-refractivity contribution in [3.63, 3.8) is 0 Å². The number of halogens is 1. The Morgan fingerprint density at radius 2 is 1.65 bits per heavy atom. The molecular formula is C16H35IN4O2. The van der Waals surface area contributed by atoms with E-state index >= 15 is 0 Å². The van der Waals surface area contributed by atoms with Crippen LogP contribution in [0.15, 0.2) is 4.99 Å². The Morgan fingerprint density at radius 1 is 1.09 bits per heavy atom. The molecule has 23 heavy (non-hydrogen) atoms. The van der Waals surface area contributed by atoms with Gasteiger partial charge in [0.1, 0.15) is 5.60 Å². The lowest BCUT2D eigenvalue weighted by molar-refractivity contribution is 0.0448. The second-order valence-corrected chi connectivity index (χ2v) is 6.47. The third kappa shape index (κ3) is 10.6. The number of alkyl carbamates (subject to hydrolysis) is 1. The van der Waals surface area contributed by atoms with Gasteiger partial charge in [-0.15, -0.1) is 24.0 Å². The van der Waals surface area contributed by atoms with Crippen molar-refractivity contribution in [2.75, 3.05) is 20.1 Å². The van der Waals surface area contributed by atoms with Gasteiger partial charge in [-0.3, -0.25) is 4.99 Å². The van der Waals surface area contributed by atoms with Gasteiger partial charge in [-0.2, -0.15) is 0 Å². The van der Waals surface area contributed by atoms with Crippen LogP contribution < -0.4 is 16.0 Å². The summed E-state index contributed by atoms with van der Waals surface area (Å²) in [6.45, 7) is 13.3. The van der Waals surface area contributed by atoms with Crippen LogP contribution in [-0.2, 0) is 4.74 Å². The predicted molar refractivity (Wildman–Crippen MR) is 108 cm³/mol. The van der Waals surface area contributed by atoms with Gasteiger partial charge in [-0.25, -0.2) is 4.79 Å². The summed E-state index contributed by atoms with van der Waals surface area (Å²) in [4.78, 5) is 16.3. The highest BCUT2D eigenvalue weighted by Crippen LogP contribution is 2.16. The number of amides is 1. The average Bonchev–Trinajstić information content (AvgIpc) is 2.44. The van der Waals surface area contributed by atoms with Crippen LogP contribution in [0.2, 0.25) is 0 Å². The minimum absolute atomic E-state index is 0. The molecule has 0 aliphatic carbocycles. The normalized spacial score (nSPS) is 12.2. The molecule has 0 bridgehead atoms. The molecule has 0 atom stereocenters. The van der Waals surface area contributed by atoms with Crippen LogP contribution in [0.1, 0.15) is 60.8 Å². The van der Waals surface area contributed by atoms with Gasteiger partial charge in [0.2, 0.25) is 0 Å². The molecular weight excluding hydrogens is 407 g/mol. The number of rotatable bonds is 7. The Labute approximate surface area is 158 Å². The molecule has 0 unspecified atom stereocenters. The number of ether oxygens (including phenoxy) is 1. The molecule has 0 saturated carbocycles. The van der Waals surface area contributed by atoms with Crippen molar-refractivity contribution in [2.24, 2.45) is 4.99 Å². The summed E-state index contributed by atoms with van der Waals surface area (Å²) in [5.41, 5.74) is -0.852. The van der Waals surface area contributed by atoms with Crippen LogP contribution in [0.4, 0.5) is 4.79 Å². The zero-order valence-electron chi connectivity index (χ0n) is 15.7. The van der Waals surface area contributed by atoms with Crippen LogP contribution in [-0.4, -0.2) is 43.3 Å². The summed E-state index contributed by atoms with van der Waals surface area (Å²) < 4.78 is 5.37. The van der Waals surface area contributed by atoms with Crippen molar-refractivity contribution in [3.8, 4) is 0 Å². The summed E-state index contributed by atoms with van der Waals surface area (Å²) in [5.74, 6) is 0.749. The molecule has 1 amide bonds. The summed E-state index contributed by atoms with van der Waals surface area (Å²) in [5, 5.41) is 9.53. The summed E-state index contributed by atoms with van der Waals surface area (Å²) in [6, 6.07) is 0. The Kier molecular flexibility index (Phi) is 12.5. The fraction of sp³-hybridized carbons (Fsp3) is 0.875. The molecule has 0 aliphatic rings. The molecule has 0 aromatic rings. The molecule has 0 rings (SSSR count). The van der Waals surface area contributed by atoms with Crippen LogP contribution in [0.3, 0.4) is 0 Å². The van der Waals surface area contributed by atoms with E-state index in [0.29, 0.717) is 6.54 Å². The lowest BCUT2D eigenvalue weighted by atomic mass is 9.93. The standard InChI is InChI=1S/C16H34N4O2.HI/c1-8-11-18-13(17-7)19-12-16(9-2,10-3)20-14(21)22-15(4,5)6;/h8-12H2,1-7H3,(H,20,21)(H2,17,18,19);1H. The summed E-state index contributed by atoms with van der Waals surface area (Å²) >= 11 is 0. The topological polar surface area (TPSA) is 74.8 Å². The van der Waals surface area contributed by atoms with E-state index in [-0.39, 0.29) is 35.6 Å². The first-order valence-electron chi connectivity index (χ1n) is 8.17. The lowest BCUT2D eigenvalue weighted by Gasteiger charge is -2.34.